The van der Waals surface area contributed by atoms with E-state index in [1.165, 1.54) is 23.3 Å². The van der Waals surface area contributed by atoms with E-state index in [0.29, 0.717) is 13.0 Å². The molecule has 5 heteroatoms. The maximum Gasteiger partial charge on any atom is 0.255 e. The summed E-state index contributed by atoms with van der Waals surface area (Å²) in [5.41, 5.74) is 2.17. The first-order chi connectivity index (χ1) is 10.1. The van der Waals surface area contributed by atoms with Crippen molar-refractivity contribution in [3.63, 3.8) is 0 Å². The van der Waals surface area contributed by atoms with Crippen LogP contribution < -0.4 is 0 Å². The van der Waals surface area contributed by atoms with Crippen LogP contribution in [0.4, 0.5) is 0 Å². The van der Waals surface area contributed by atoms with E-state index >= 15 is 0 Å². The molecule has 0 bridgehead atoms. The zero-order valence-corrected chi connectivity index (χ0v) is 13.7. The second-order valence-electron chi connectivity index (χ2n) is 6.52. The Kier molecular flexibility index (Phi) is 4.33. The Hall–Kier alpha value is -0.910. The molecule has 2 unspecified atom stereocenters. The Balaban J connectivity index is 1.82. The monoisotopic (exact) mass is 308 g/mol. The summed E-state index contributed by atoms with van der Waals surface area (Å²) in [5, 5.41) is 12.0. The first-order valence-electron chi connectivity index (χ1n) is 7.79. The Bertz CT molecular complexity index is 526. The van der Waals surface area contributed by atoms with Crippen LogP contribution in [0.15, 0.2) is 5.38 Å². The Morgan fingerprint density at radius 1 is 1.43 bits per heavy atom. The minimum Gasteiger partial charge on any atom is -0.391 e. The summed E-state index contributed by atoms with van der Waals surface area (Å²) in [6.45, 7) is 1.29. The average Bonchev–Trinajstić information content (AvgIpc) is 3.01. The number of carbonyl (C=O) groups excluding carboxylic acids is 1. The van der Waals surface area contributed by atoms with Crippen LogP contribution in [-0.2, 0) is 12.8 Å². The third-order valence-electron chi connectivity index (χ3n) is 4.52. The fourth-order valence-corrected chi connectivity index (χ4v) is 4.68. The number of β-amino-alcohol motifs (C(OH)–C–C–N with tert-alkyl or cyclic N) is 1. The summed E-state index contributed by atoms with van der Waals surface area (Å²) in [7, 11) is 4.03. The van der Waals surface area contributed by atoms with Gasteiger partial charge in [0.2, 0.25) is 0 Å². The number of aliphatic hydroxyl groups excluding tert-OH is 1. The van der Waals surface area contributed by atoms with Crippen molar-refractivity contribution in [3.05, 3.63) is 21.4 Å². The predicted molar refractivity (Wildman–Crippen MR) is 85.0 cm³/mol. The number of likely N-dealkylation sites (tertiary alicyclic amines) is 1. The number of likely N-dealkylation sites (N-methyl/N-ethyl adjacent to an activating group) is 1. The van der Waals surface area contributed by atoms with Gasteiger partial charge in [-0.2, -0.15) is 0 Å². The van der Waals surface area contributed by atoms with Gasteiger partial charge in [-0.05, 0) is 51.8 Å². The molecule has 1 aromatic heterocycles. The molecule has 1 fully saturated rings. The molecule has 1 aliphatic carbocycles. The maximum absolute atomic E-state index is 12.9. The molecular weight excluding hydrogens is 284 g/mol. The quantitative estimate of drug-likeness (QED) is 0.925. The van der Waals surface area contributed by atoms with Gasteiger partial charge in [0.15, 0.2) is 0 Å². The van der Waals surface area contributed by atoms with Gasteiger partial charge in [0.05, 0.1) is 11.7 Å². The zero-order valence-electron chi connectivity index (χ0n) is 12.8. The highest BCUT2D eigenvalue weighted by atomic mass is 32.1. The summed E-state index contributed by atoms with van der Waals surface area (Å²) in [5.74, 6) is 0.123. The van der Waals surface area contributed by atoms with Gasteiger partial charge in [-0.15, -0.1) is 11.3 Å². The number of thiophene rings is 1. The number of hydrogen-bond donors (Lipinski definition) is 1. The molecule has 1 amide bonds. The number of aryl methyl sites for hydroxylation is 1. The van der Waals surface area contributed by atoms with E-state index < -0.39 is 0 Å². The van der Waals surface area contributed by atoms with Gasteiger partial charge < -0.3 is 14.9 Å². The first-order valence-corrected chi connectivity index (χ1v) is 8.67. The van der Waals surface area contributed by atoms with E-state index in [-0.39, 0.29) is 18.1 Å². The average molecular weight is 308 g/mol. The minimum absolute atomic E-state index is 0.123. The third-order valence-corrected chi connectivity index (χ3v) is 5.61. The van der Waals surface area contributed by atoms with Crippen LogP contribution in [0.5, 0.6) is 0 Å². The molecule has 4 nitrogen and oxygen atoms in total. The number of aliphatic hydroxyl groups is 1. The largest absolute Gasteiger partial charge is 0.391 e. The maximum atomic E-state index is 12.9. The first kappa shape index (κ1) is 15.0. The van der Waals surface area contributed by atoms with Crippen LogP contribution in [-0.4, -0.2) is 60.1 Å². The molecule has 1 aromatic rings. The van der Waals surface area contributed by atoms with E-state index in [1.807, 2.05) is 24.4 Å². The highest BCUT2D eigenvalue weighted by Gasteiger charge is 2.36. The van der Waals surface area contributed by atoms with Gasteiger partial charge in [-0.3, -0.25) is 4.79 Å². The van der Waals surface area contributed by atoms with Crippen LogP contribution in [0.25, 0.3) is 0 Å². The molecule has 2 aliphatic rings. The van der Waals surface area contributed by atoms with Crippen LogP contribution in [0, 0.1) is 0 Å². The summed E-state index contributed by atoms with van der Waals surface area (Å²) in [6.07, 6.45) is 4.90. The molecule has 1 saturated heterocycles. The van der Waals surface area contributed by atoms with Gasteiger partial charge in [0, 0.05) is 29.4 Å². The van der Waals surface area contributed by atoms with Gasteiger partial charge >= 0.3 is 0 Å². The van der Waals surface area contributed by atoms with Gasteiger partial charge in [0.25, 0.3) is 5.91 Å². The Labute approximate surface area is 130 Å². The smallest absolute Gasteiger partial charge is 0.255 e. The lowest BCUT2D eigenvalue weighted by Gasteiger charge is -2.27. The fraction of sp³-hybridized carbons (Fsp3) is 0.688. The highest BCUT2D eigenvalue weighted by molar-refractivity contribution is 7.10. The molecule has 0 aromatic carbocycles. The molecule has 0 spiro atoms. The van der Waals surface area contributed by atoms with E-state index in [2.05, 4.69) is 4.90 Å². The van der Waals surface area contributed by atoms with Crippen LogP contribution in [0.1, 0.15) is 40.1 Å². The van der Waals surface area contributed by atoms with Crippen molar-refractivity contribution in [2.75, 3.05) is 27.2 Å². The second-order valence-corrected chi connectivity index (χ2v) is 7.49. The fourth-order valence-electron chi connectivity index (χ4n) is 3.56. The molecule has 0 saturated carbocycles. The number of amides is 1. The SMILES string of the molecule is CN(C)CC1CC(O)CN1C(=O)c1csc2c1CCCC2. The summed E-state index contributed by atoms with van der Waals surface area (Å²) in [6, 6.07) is 0.127. The summed E-state index contributed by atoms with van der Waals surface area (Å²) in [4.78, 5) is 18.3. The molecule has 2 atom stereocenters. The number of hydrogen-bond acceptors (Lipinski definition) is 4. The molecular formula is C16H24N2O2S. The molecule has 21 heavy (non-hydrogen) atoms. The standard InChI is InChI=1S/C16H24N2O2S/c1-17(2)8-11-7-12(19)9-18(11)16(20)14-10-21-15-6-4-3-5-13(14)15/h10-12,19H,3-9H2,1-2H3. The molecule has 116 valence electrons. The second kappa shape index (κ2) is 6.07. The Morgan fingerprint density at radius 2 is 2.19 bits per heavy atom. The highest BCUT2D eigenvalue weighted by Crippen LogP contribution is 2.32. The molecule has 0 radical (unpaired) electrons. The van der Waals surface area contributed by atoms with Crippen LogP contribution in [0.2, 0.25) is 0 Å². The Morgan fingerprint density at radius 3 is 2.95 bits per heavy atom. The summed E-state index contributed by atoms with van der Waals surface area (Å²) >= 11 is 1.73. The van der Waals surface area contributed by atoms with E-state index in [9.17, 15) is 9.90 Å². The van der Waals surface area contributed by atoms with Crippen molar-refractivity contribution < 1.29 is 9.90 Å². The minimum atomic E-state index is -0.381. The van der Waals surface area contributed by atoms with Gasteiger partial charge in [-0.25, -0.2) is 0 Å². The van der Waals surface area contributed by atoms with Crippen LogP contribution >= 0.6 is 11.3 Å². The topological polar surface area (TPSA) is 43.8 Å². The van der Waals surface area contributed by atoms with E-state index in [4.69, 9.17) is 0 Å². The van der Waals surface area contributed by atoms with Crippen molar-refractivity contribution in [3.8, 4) is 0 Å². The van der Waals surface area contributed by atoms with E-state index in [1.54, 1.807) is 11.3 Å². The van der Waals surface area contributed by atoms with Gasteiger partial charge in [0.1, 0.15) is 0 Å². The lowest BCUT2D eigenvalue weighted by Crippen LogP contribution is -2.41. The summed E-state index contributed by atoms with van der Waals surface area (Å²) < 4.78 is 0. The molecule has 1 aliphatic heterocycles. The third kappa shape index (κ3) is 3.00. The lowest BCUT2D eigenvalue weighted by molar-refractivity contribution is 0.0698. The normalized spacial score (nSPS) is 25.4. The van der Waals surface area contributed by atoms with Crippen molar-refractivity contribution >= 4 is 17.2 Å². The van der Waals surface area contributed by atoms with Crippen molar-refractivity contribution in [1.29, 1.82) is 0 Å². The van der Waals surface area contributed by atoms with Crippen LogP contribution in [0.3, 0.4) is 0 Å². The molecule has 1 N–H and O–H groups in total. The molecule has 2 heterocycles. The van der Waals surface area contributed by atoms with Crippen molar-refractivity contribution in [2.24, 2.45) is 0 Å². The van der Waals surface area contributed by atoms with Crippen molar-refractivity contribution in [2.45, 2.75) is 44.2 Å². The number of carbonyl (C=O) groups is 1. The van der Waals surface area contributed by atoms with Gasteiger partial charge in [-0.1, -0.05) is 0 Å². The molecule has 3 rings (SSSR count). The van der Waals surface area contributed by atoms with E-state index in [0.717, 1.165) is 24.9 Å². The zero-order chi connectivity index (χ0) is 15.0. The predicted octanol–water partition coefficient (Wildman–Crippen LogP) is 1.76. The van der Waals surface area contributed by atoms with Crippen molar-refractivity contribution in [1.82, 2.24) is 9.80 Å². The number of rotatable bonds is 3. The number of nitrogens with zero attached hydrogens (tertiary/aromatic N) is 2. The number of fused-ring (bicyclic) bond motifs is 1. The lowest BCUT2D eigenvalue weighted by atomic mass is 9.95.